The van der Waals surface area contributed by atoms with Crippen LogP contribution in [0.25, 0.3) is 0 Å². The van der Waals surface area contributed by atoms with E-state index in [1.165, 1.54) is 0 Å². The van der Waals surface area contributed by atoms with Gasteiger partial charge in [0, 0.05) is 6.42 Å². The molecule has 0 aliphatic carbocycles. The van der Waals surface area contributed by atoms with Crippen molar-refractivity contribution in [3.05, 3.63) is 0 Å². The molecule has 0 atom stereocenters. The summed E-state index contributed by atoms with van der Waals surface area (Å²) < 4.78 is 25.0. The van der Waals surface area contributed by atoms with Gasteiger partial charge in [-0.1, -0.05) is 48.0 Å². The lowest BCUT2D eigenvalue weighted by molar-refractivity contribution is 0.00938. The number of hydrogen-bond donors (Lipinski definition) is 0. The van der Waals surface area contributed by atoms with Crippen LogP contribution in [0.15, 0.2) is 0 Å². The zero-order valence-electron chi connectivity index (χ0n) is 12.2. The van der Waals surface area contributed by atoms with E-state index >= 15 is 0 Å². The van der Waals surface area contributed by atoms with Crippen LogP contribution in [0.1, 0.15) is 74.1 Å². The normalized spacial score (nSPS) is 12.4. The van der Waals surface area contributed by atoms with Crippen molar-refractivity contribution in [2.45, 2.75) is 80.1 Å². The fourth-order valence-corrected chi connectivity index (χ4v) is 1.30. The van der Waals surface area contributed by atoms with Crippen molar-refractivity contribution in [2.75, 3.05) is 0 Å². The lowest BCUT2D eigenvalue weighted by Gasteiger charge is -2.29. The second kappa shape index (κ2) is 8.03. The zero-order valence-corrected chi connectivity index (χ0v) is 12.2. The quantitative estimate of drug-likeness (QED) is 0.503. The maximum atomic E-state index is 12.5. The maximum Gasteiger partial charge on any atom is 0.245 e. The van der Waals surface area contributed by atoms with Crippen LogP contribution in [0.3, 0.4) is 0 Å². The van der Waals surface area contributed by atoms with Gasteiger partial charge in [0.05, 0.1) is 0 Å². The molecule has 16 heavy (non-hydrogen) atoms. The summed E-state index contributed by atoms with van der Waals surface area (Å²) in [7, 11) is 0. The summed E-state index contributed by atoms with van der Waals surface area (Å²) in [5.41, 5.74) is 0.281. The van der Waals surface area contributed by atoms with Gasteiger partial charge >= 0.3 is 0 Å². The molecule has 0 unspecified atom stereocenters. The van der Waals surface area contributed by atoms with Crippen LogP contribution in [0.4, 0.5) is 8.78 Å². The molecule has 0 heterocycles. The molecule has 0 bridgehead atoms. The molecule has 0 rings (SSSR count). The molecule has 0 aliphatic heterocycles. The second-order valence-corrected chi connectivity index (χ2v) is 5.42. The molecule has 0 nitrogen and oxygen atoms in total. The minimum absolute atomic E-state index is 0.0289. The Labute approximate surface area is 101 Å². The lowest BCUT2D eigenvalue weighted by atomic mass is 9.77. The van der Waals surface area contributed by atoms with E-state index < -0.39 is 5.92 Å². The molecule has 2 heteroatoms. The second-order valence-electron chi connectivity index (χ2n) is 5.42. The highest BCUT2D eigenvalue weighted by Crippen LogP contribution is 2.32. The molecule has 0 saturated carbocycles. The minimum atomic E-state index is -2.48. The average Bonchev–Trinajstić information content (AvgIpc) is 2.14. The van der Waals surface area contributed by atoms with Crippen LogP contribution in [-0.4, -0.2) is 5.92 Å². The molecule has 0 aromatic rings. The molecule has 0 amide bonds. The van der Waals surface area contributed by atoms with Gasteiger partial charge in [-0.25, -0.2) is 8.78 Å². The van der Waals surface area contributed by atoms with Crippen LogP contribution in [0.5, 0.6) is 0 Å². The highest BCUT2D eigenvalue weighted by molar-refractivity contribution is 4.72. The van der Waals surface area contributed by atoms with Gasteiger partial charge in [-0.3, -0.25) is 0 Å². The van der Waals surface area contributed by atoms with Crippen molar-refractivity contribution in [1.29, 1.82) is 0 Å². The lowest BCUT2D eigenvalue weighted by Crippen LogP contribution is -2.19. The molecule has 0 radical (unpaired) electrons. The first kappa shape index (κ1) is 18.2. The van der Waals surface area contributed by atoms with Crippen molar-refractivity contribution < 1.29 is 8.78 Å². The largest absolute Gasteiger partial charge is 0.245 e. The van der Waals surface area contributed by atoms with Gasteiger partial charge in [0.2, 0.25) is 5.92 Å². The van der Waals surface area contributed by atoms with Crippen molar-refractivity contribution in [3.63, 3.8) is 0 Å². The van der Waals surface area contributed by atoms with Crippen LogP contribution in [0.2, 0.25) is 0 Å². The first-order valence-electron chi connectivity index (χ1n) is 6.53. The first-order valence-corrected chi connectivity index (χ1v) is 6.53. The van der Waals surface area contributed by atoms with Gasteiger partial charge in [-0.2, -0.15) is 0 Å². The Kier molecular flexibility index (Phi) is 9.14. The van der Waals surface area contributed by atoms with E-state index in [0.29, 0.717) is 12.3 Å². The predicted octanol–water partition coefficient (Wildman–Crippen LogP) is 5.91. The third kappa shape index (κ3) is 10.4. The maximum absolute atomic E-state index is 12.5. The summed E-state index contributed by atoms with van der Waals surface area (Å²) in [6.07, 6.45) is 2.62. The molecule has 100 valence electrons. The number of rotatable bonds is 6. The molecule has 0 saturated heterocycles. The van der Waals surface area contributed by atoms with Gasteiger partial charge in [0.15, 0.2) is 0 Å². The molecule has 0 aromatic heterocycles. The van der Waals surface area contributed by atoms with Crippen molar-refractivity contribution in [1.82, 2.24) is 0 Å². The number of alkyl halides is 2. The van der Waals surface area contributed by atoms with Crippen LogP contribution < -0.4 is 0 Å². The molecule has 0 N–H and O–H groups in total. The van der Waals surface area contributed by atoms with Crippen LogP contribution >= 0.6 is 0 Å². The standard InChI is InChI=1S/C12H24F2.C2H6/c1-10(2)11(3,4)8-6-7-9-12(5,13)14;1-2/h10H,6-9H2,1-5H3;1-2H3. The SMILES string of the molecule is CC.CC(C)C(C)(C)CCCCC(C)(F)F. The third-order valence-corrected chi connectivity index (χ3v) is 3.25. The summed E-state index contributed by atoms with van der Waals surface area (Å²) in [5, 5.41) is 0. The van der Waals surface area contributed by atoms with Gasteiger partial charge in [-0.15, -0.1) is 0 Å². The van der Waals surface area contributed by atoms with Gasteiger partial charge in [-0.05, 0) is 31.1 Å². The Morgan fingerprint density at radius 1 is 0.875 bits per heavy atom. The fourth-order valence-electron chi connectivity index (χ4n) is 1.30. The molecule has 0 aromatic carbocycles. The Morgan fingerprint density at radius 3 is 1.56 bits per heavy atom. The van der Waals surface area contributed by atoms with E-state index in [2.05, 4.69) is 27.7 Å². The molecule has 0 spiro atoms. The predicted molar refractivity (Wildman–Crippen MR) is 69.1 cm³/mol. The minimum Gasteiger partial charge on any atom is -0.207 e. The zero-order chi connectivity index (χ0) is 13.4. The van der Waals surface area contributed by atoms with Crippen molar-refractivity contribution in [3.8, 4) is 0 Å². The molecule has 0 fully saturated rings. The van der Waals surface area contributed by atoms with Crippen molar-refractivity contribution in [2.24, 2.45) is 11.3 Å². The number of halogens is 2. The highest BCUT2D eigenvalue weighted by atomic mass is 19.3. The van der Waals surface area contributed by atoms with Crippen LogP contribution in [-0.2, 0) is 0 Å². The Hall–Kier alpha value is -0.140. The highest BCUT2D eigenvalue weighted by Gasteiger charge is 2.23. The molecule has 0 aliphatic rings. The average molecular weight is 236 g/mol. The van der Waals surface area contributed by atoms with E-state index in [-0.39, 0.29) is 11.8 Å². The van der Waals surface area contributed by atoms with Gasteiger partial charge in [0.1, 0.15) is 0 Å². The summed E-state index contributed by atoms with van der Waals surface area (Å²) in [5.74, 6) is -1.87. The number of hydrogen-bond acceptors (Lipinski definition) is 0. The summed E-state index contributed by atoms with van der Waals surface area (Å²) in [6.45, 7) is 13.8. The van der Waals surface area contributed by atoms with E-state index in [1.54, 1.807) is 0 Å². The third-order valence-electron chi connectivity index (χ3n) is 3.25. The Balaban J connectivity index is 0. The monoisotopic (exact) mass is 236 g/mol. The Morgan fingerprint density at radius 2 is 1.25 bits per heavy atom. The Bertz CT molecular complexity index is 155. The van der Waals surface area contributed by atoms with E-state index in [0.717, 1.165) is 19.8 Å². The fraction of sp³-hybridized carbons (Fsp3) is 1.00. The number of unbranched alkanes of at least 4 members (excludes halogenated alkanes) is 1. The topological polar surface area (TPSA) is 0 Å². The van der Waals surface area contributed by atoms with Crippen LogP contribution in [0, 0.1) is 11.3 Å². The van der Waals surface area contributed by atoms with Gasteiger partial charge < -0.3 is 0 Å². The summed E-state index contributed by atoms with van der Waals surface area (Å²) in [6, 6.07) is 0. The van der Waals surface area contributed by atoms with E-state index in [1.807, 2.05) is 13.8 Å². The first-order chi connectivity index (χ1) is 7.15. The van der Waals surface area contributed by atoms with E-state index in [9.17, 15) is 8.78 Å². The summed E-state index contributed by atoms with van der Waals surface area (Å²) in [4.78, 5) is 0. The molecular weight excluding hydrogens is 206 g/mol. The van der Waals surface area contributed by atoms with Gasteiger partial charge in [0.25, 0.3) is 0 Å². The molecular formula is C14H30F2. The summed E-state index contributed by atoms with van der Waals surface area (Å²) >= 11 is 0. The smallest absolute Gasteiger partial charge is 0.207 e. The van der Waals surface area contributed by atoms with E-state index in [4.69, 9.17) is 0 Å². The van der Waals surface area contributed by atoms with Crippen molar-refractivity contribution >= 4 is 0 Å².